The molecule has 0 aliphatic carbocycles. The second kappa shape index (κ2) is 9.33. The summed E-state index contributed by atoms with van der Waals surface area (Å²) in [4.78, 5) is 56.5. The molecule has 0 spiro atoms. The molecule has 0 unspecified atom stereocenters. The third kappa shape index (κ3) is 4.58. The smallest absolute Gasteiger partial charge is 0.410 e. The van der Waals surface area contributed by atoms with Crippen LogP contribution in [0.2, 0.25) is 0 Å². The number of carbonyl (C=O) groups is 3. The highest BCUT2D eigenvalue weighted by Crippen LogP contribution is 2.39. The van der Waals surface area contributed by atoms with Crippen LogP contribution >= 0.6 is 0 Å². The van der Waals surface area contributed by atoms with Gasteiger partial charge in [-0.15, -0.1) is 0 Å². The molecule has 2 aromatic carbocycles. The molecule has 3 aromatic rings. The summed E-state index contributed by atoms with van der Waals surface area (Å²) in [6.07, 6.45) is 1.24. The third-order valence-corrected chi connectivity index (χ3v) is 6.53. The van der Waals surface area contributed by atoms with Crippen molar-refractivity contribution in [1.82, 2.24) is 15.2 Å². The van der Waals surface area contributed by atoms with E-state index in [2.05, 4.69) is 10.3 Å². The molecule has 0 saturated carbocycles. The van der Waals surface area contributed by atoms with E-state index in [1.807, 2.05) is 49.9 Å². The van der Waals surface area contributed by atoms with E-state index in [1.165, 1.54) is 6.07 Å². The summed E-state index contributed by atoms with van der Waals surface area (Å²) in [6, 6.07) is 11.9. The number of nitro benzene ring substituents is 1. The second-order valence-electron chi connectivity index (χ2n) is 10.2. The number of para-hydroxylation sites is 1. The Morgan fingerprint density at radius 3 is 2.29 bits per heavy atom. The minimum atomic E-state index is -0.690. The topological polar surface area (TPSA) is 138 Å². The molecule has 2 aliphatic rings. The van der Waals surface area contributed by atoms with E-state index in [9.17, 15) is 24.5 Å². The maximum Gasteiger partial charge on any atom is 0.410 e. The largest absolute Gasteiger partial charge is 0.444 e. The molecule has 0 bridgehead atoms. The average molecular weight is 518 g/mol. The lowest BCUT2D eigenvalue weighted by Gasteiger charge is -2.36. The minimum Gasteiger partial charge on any atom is -0.444 e. The van der Waals surface area contributed by atoms with Gasteiger partial charge in [-0.2, -0.15) is 0 Å². The number of H-pyrrole nitrogens is 1. The first-order valence-corrected chi connectivity index (χ1v) is 12.2. The fraction of sp³-hybridized carbons (Fsp3) is 0.296. The molecule has 196 valence electrons. The van der Waals surface area contributed by atoms with Gasteiger partial charge in [-0.05, 0) is 39.0 Å². The van der Waals surface area contributed by atoms with Crippen LogP contribution in [0.4, 0.5) is 16.2 Å². The van der Waals surface area contributed by atoms with Gasteiger partial charge in [0, 0.05) is 60.6 Å². The molecular weight excluding hydrogens is 490 g/mol. The van der Waals surface area contributed by atoms with Crippen molar-refractivity contribution in [3.8, 4) is 0 Å². The van der Waals surface area contributed by atoms with E-state index in [0.717, 1.165) is 10.9 Å². The predicted molar refractivity (Wildman–Crippen MR) is 141 cm³/mol. The number of amides is 3. The second-order valence-corrected chi connectivity index (χ2v) is 10.2. The molecule has 3 heterocycles. The Hall–Kier alpha value is -4.67. The molecule has 11 heteroatoms. The van der Waals surface area contributed by atoms with Crippen molar-refractivity contribution in [2.24, 2.45) is 0 Å². The number of aromatic nitrogens is 1. The molecule has 1 fully saturated rings. The first-order valence-electron chi connectivity index (χ1n) is 12.2. The van der Waals surface area contributed by atoms with Gasteiger partial charge in [-0.25, -0.2) is 4.79 Å². The van der Waals surface area contributed by atoms with Gasteiger partial charge in [-0.1, -0.05) is 18.2 Å². The predicted octanol–water partition coefficient (Wildman–Crippen LogP) is 3.70. The van der Waals surface area contributed by atoms with Crippen LogP contribution < -0.4 is 10.2 Å². The zero-order valence-electron chi connectivity index (χ0n) is 21.2. The molecule has 3 amide bonds. The number of rotatable bonds is 4. The summed E-state index contributed by atoms with van der Waals surface area (Å²) in [5.41, 5.74) is 1.13. The third-order valence-electron chi connectivity index (χ3n) is 6.53. The Kier molecular flexibility index (Phi) is 6.14. The van der Waals surface area contributed by atoms with Crippen molar-refractivity contribution in [1.29, 1.82) is 0 Å². The minimum absolute atomic E-state index is 0.0410. The van der Waals surface area contributed by atoms with Crippen LogP contribution in [-0.2, 0) is 14.3 Å². The summed E-state index contributed by atoms with van der Waals surface area (Å²) in [5.74, 6) is -1.30. The molecule has 11 nitrogen and oxygen atoms in total. The van der Waals surface area contributed by atoms with Gasteiger partial charge in [0.15, 0.2) is 0 Å². The molecule has 38 heavy (non-hydrogen) atoms. The van der Waals surface area contributed by atoms with E-state index < -0.39 is 28.4 Å². The van der Waals surface area contributed by atoms with Gasteiger partial charge < -0.3 is 19.5 Å². The van der Waals surface area contributed by atoms with E-state index in [4.69, 9.17) is 4.74 Å². The standard InChI is InChI=1S/C27H27N5O6/c1-27(2,3)38-26(35)31-12-10-30(11-13-31)16-8-9-21(32(36)37)18(14-16)22-23(25(34)29-24(22)33)19-15-28-20-7-5-4-6-17(19)20/h4-9,14-15,28H,10-13H2,1-3H3,(H,29,33,34). The number of nitro groups is 1. The number of hydrogen-bond acceptors (Lipinski definition) is 7. The first-order chi connectivity index (χ1) is 18.0. The van der Waals surface area contributed by atoms with Crippen LogP contribution in [0.1, 0.15) is 31.9 Å². The number of carbonyl (C=O) groups excluding carboxylic acids is 3. The van der Waals surface area contributed by atoms with Crippen LogP contribution in [0.5, 0.6) is 0 Å². The van der Waals surface area contributed by atoms with Crippen molar-refractivity contribution in [2.45, 2.75) is 26.4 Å². The molecule has 1 saturated heterocycles. The normalized spacial score (nSPS) is 16.3. The summed E-state index contributed by atoms with van der Waals surface area (Å²) in [7, 11) is 0. The number of piperazine rings is 1. The molecule has 2 aliphatic heterocycles. The van der Waals surface area contributed by atoms with E-state index in [-0.39, 0.29) is 22.4 Å². The number of nitrogens with one attached hydrogen (secondary N) is 2. The SMILES string of the molecule is CC(C)(C)OC(=O)N1CCN(c2ccc([N+](=O)[O-])c(C3=C(c4c[nH]c5ccccc45)C(=O)NC3=O)c2)CC1. The lowest BCUT2D eigenvalue weighted by molar-refractivity contribution is -0.385. The quantitative estimate of drug-likeness (QED) is 0.306. The number of aromatic amines is 1. The van der Waals surface area contributed by atoms with Gasteiger partial charge in [-0.3, -0.25) is 25.0 Å². The van der Waals surface area contributed by atoms with E-state index in [1.54, 1.807) is 23.2 Å². The lowest BCUT2D eigenvalue weighted by atomic mass is 9.94. The van der Waals surface area contributed by atoms with Gasteiger partial charge in [0.25, 0.3) is 17.5 Å². The Morgan fingerprint density at radius 1 is 0.974 bits per heavy atom. The molecule has 0 atom stereocenters. The average Bonchev–Trinajstić information content (AvgIpc) is 3.41. The molecule has 1 aromatic heterocycles. The monoisotopic (exact) mass is 517 g/mol. The number of imide groups is 1. The molecule has 5 rings (SSSR count). The summed E-state index contributed by atoms with van der Waals surface area (Å²) >= 11 is 0. The van der Waals surface area contributed by atoms with Gasteiger partial charge in [0.2, 0.25) is 0 Å². The van der Waals surface area contributed by atoms with Crippen LogP contribution in [-0.4, -0.2) is 64.5 Å². The van der Waals surface area contributed by atoms with Crippen molar-refractivity contribution < 1.29 is 24.0 Å². The highest BCUT2D eigenvalue weighted by molar-refractivity contribution is 6.50. The van der Waals surface area contributed by atoms with Crippen LogP contribution in [0.25, 0.3) is 22.0 Å². The van der Waals surface area contributed by atoms with Gasteiger partial charge >= 0.3 is 6.09 Å². The fourth-order valence-corrected chi connectivity index (χ4v) is 4.80. The van der Waals surface area contributed by atoms with E-state index in [0.29, 0.717) is 37.4 Å². The highest BCUT2D eigenvalue weighted by atomic mass is 16.6. The van der Waals surface area contributed by atoms with E-state index >= 15 is 0 Å². The molecule has 0 radical (unpaired) electrons. The zero-order valence-corrected chi connectivity index (χ0v) is 21.2. The van der Waals surface area contributed by atoms with Crippen molar-refractivity contribution in [3.05, 3.63) is 69.9 Å². The number of ether oxygens (including phenoxy) is 1. The number of benzene rings is 2. The van der Waals surface area contributed by atoms with Crippen molar-refractivity contribution in [3.63, 3.8) is 0 Å². The lowest BCUT2D eigenvalue weighted by Crippen LogP contribution is -2.50. The highest BCUT2D eigenvalue weighted by Gasteiger charge is 2.37. The van der Waals surface area contributed by atoms with Gasteiger partial charge in [0.05, 0.1) is 21.6 Å². The Morgan fingerprint density at radius 2 is 1.63 bits per heavy atom. The van der Waals surface area contributed by atoms with Gasteiger partial charge in [0.1, 0.15) is 5.60 Å². The Balaban J connectivity index is 1.53. The number of fused-ring (bicyclic) bond motifs is 1. The Bertz CT molecular complexity index is 1510. The summed E-state index contributed by atoms with van der Waals surface area (Å²) in [5, 5.41) is 15.0. The number of anilines is 1. The van der Waals surface area contributed by atoms with Crippen LogP contribution in [0, 0.1) is 10.1 Å². The maximum atomic E-state index is 13.0. The maximum absolute atomic E-state index is 13.0. The molecular formula is C27H27N5O6. The van der Waals surface area contributed by atoms with Crippen molar-refractivity contribution >= 4 is 51.3 Å². The summed E-state index contributed by atoms with van der Waals surface area (Å²) in [6.45, 7) is 7.17. The van der Waals surface area contributed by atoms with Crippen molar-refractivity contribution in [2.75, 3.05) is 31.1 Å². The Labute approximate surface area is 218 Å². The summed E-state index contributed by atoms with van der Waals surface area (Å²) < 4.78 is 5.45. The van der Waals surface area contributed by atoms with Crippen LogP contribution in [0.3, 0.4) is 0 Å². The number of nitrogens with zero attached hydrogens (tertiary/aromatic N) is 3. The number of hydrogen-bond donors (Lipinski definition) is 2. The molecule has 2 N–H and O–H groups in total. The zero-order chi connectivity index (χ0) is 27.2. The van der Waals surface area contributed by atoms with Crippen LogP contribution in [0.15, 0.2) is 48.7 Å². The fourth-order valence-electron chi connectivity index (χ4n) is 4.80. The first kappa shape index (κ1) is 25.0.